The van der Waals surface area contributed by atoms with E-state index in [0.717, 1.165) is 24.2 Å². The summed E-state index contributed by atoms with van der Waals surface area (Å²) in [5.41, 5.74) is 0.0525. The molecule has 0 aliphatic carbocycles. The second-order valence-corrected chi connectivity index (χ2v) is 6.25. The van der Waals surface area contributed by atoms with Gasteiger partial charge in [0.15, 0.2) is 0 Å². The van der Waals surface area contributed by atoms with Crippen molar-refractivity contribution in [2.45, 2.75) is 31.4 Å². The molecule has 1 aromatic carbocycles. The molecule has 0 bridgehead atoms. The van der Waals surface area contributed by atoms with E-state index in [1.54, 1.807) is 43.3 Å². The number of carbonyl (C=O) groups is 1. The molecule has 1 aromatic heterocycles. The fourth-order valence-electron chi connectivity index (χ4n) is 3.35. The van der Waals surface area contributed by atoms with Crippen LogP contribution in [0.4, 0.5) is 0 Å². The summed E-state index contributed by atoms with van der Waals surface area (Å²) in [6.45, 7) is 2.40. The Bertz CT molecular complexity index is 698. The van der Waals surface area contributed by atoms with Crippen LogP contribution < -0.4 is 4.74 Å². The van der Waals surface area contributed by atoms with Gasteiger partial charge in [0.25, 0.3) is 5.91 Å². The minimum atomic E-state index is -1.13. The van der Waals surface area contributed by atoms with Gasteiger partial charge in [0.05, 0.1) is 13.2 Å². The second-order valence-electron chi connectivity index (χ2n) is 6.25. The molecule has 1 aliphatic heterocycles. The van der Waals surface area contributed by atoms with Gasteiger partial charge in [-0.1, -0.05) is 18.2 Å². The average Bonchev–Trinajstić information content (AvgIpc) is 3.12. The lowest BCUT2D eigenvalue weighted by molar-refractivity contribution is -0.0179. The van der Waals surface area contributed by atoms with Crippen molar-refractivity contribution in [3.63, 3.8) is 0 Å². The number of benzene rings is 1. The number of likely N-dealkylation sites (tertiary alicyclic amines) is 1. The molecule has 1 amide bonds. The number of methoxy groups -OCH3 is 1. The molecule has 5 nitrogen and oxygen atoms in total. The number of aromatic nitrogens is 1. The van der Waals surface area contributed by atoms with E-state index in [0.29, 0.717) is 12.2 Å². The van der Waals surface area contributed by atoms with Crippen LogP contribution in [0.5, 0.6) is 5.75 Å². The smallest absolute Gasteiger partial charge is 0.272 e. The number of aliphatic hydroxyl groups is 1. The normalized spacial score (nSPS) is 19.8. The molecular formula is C19H22N2O3. The van der Waals surface area contributed by atoms with Crippen molar-refractivity contribution in [3.8, 4) is 5.75 Å². The predicted octanol–water partition coefficient (Wildman–Crippen LogP) is 2.60. The van der Waals surface area contributed by atoms with E-state index in [1.165, 1.54) is 0 Å². The van der Waals surface area contributed by atoms with Gasteiger partial charge in [-0.15, -0.1) is 0 Å². The quantitative estimate of drug-likeness (QED) is 0.938. The van der Waals surface area contributed by atoms with Crippen LogP contribution in [0.3, 0.4) is 0 Å². The van der Waals surface area contributed by atoms with Gasteiger partial charge in [-0.05, 0) is 49.6 Å². The lowest BCUT2D eigenvalue weighted by Crippen LogP contribution is -2.48. The van der Waals surface area contributed by atoms with E-state index in [1.807, 2.05) is 24.3 Å². The zero-order valence-electron chi connectivity index (χ0n) is 14.0. The van der Waals surface area contributed by atoms with Gasteiger partial charge >= 0.3 is 0 Å². The Hall–Kier alpha value is -2.40. The van der Waals surface area contributed by atoms with E-state index in [9.17, 15) is 9.90 Å². The van der Waals surface area contributed by atoms with Crippen molar-refractivity contribution in [1.82, 2.24) is 9.88 Å². The van der Waals surface area contributed by atoms with E-state index >= 15 is 0 Å². The number of ether oxygens (including phenoxy) is 1. The molecular weight excluding hydrogens is 304 g/mol. The highest BCUT2D eigenvalue weighted by molar-refractivity contribution is 5.92. The molecule has 0 unspecified atom stereocenters. The summed E-state index contributed by atoms with van der Waals surface area (Å²) < 4.78 is 5.17. The molecule has 1 fully saturated rings. The zero-order chi connectivity index (χ0) is 17.2. The van der Waals surface area contributed by atoms with Crippen LogP contribution in [0.15, 0.2) is 48.7 Å². The lowest BCUT2D eigenvalue weighted by Gasteiger charge is -2.36. The third kappa shape index (κ3) is 2.99. The number of hydrogen-bond donors (Lipinski definition) is 1. The molecule has 24 heavy (non-hydrogen) atoms. The summed E-state index contributed by atoms with van der Waals surface area (Å²) in [6, 6.07) is 12.4. The van der Waals surface area contributed by atoms with E-state index < -0.39 is 5.60 Å². The molecule has 126 valence electrons. The number of pyridine rings is 1. The van der Waals surface area contributed by atoms with Crippen LogP contribution in [-0.2, 0) is 5.60 Å². The van der Waals surface area contributed by atoms with Crippen molar-refractivity contribution < 1.29 is 14.6 Å². The number of nitrogens with zero attached hydrogens (tertiary/aromatic N) is 2. The summed E-state index contributed by atoms with van der Waals surface area (Å²) in [5.74, 6) is 0.606. The van der Waals surface area contributed by atoms with Crippen LogP contribution in [0.25, 0.3) is 0 Å². The van der Waals surface area contributed by atoms with E-state index in [-0.39, 0.29) is 11.9 Å². The summed E-state index contributed by atoms with van der Waals surface area (Å²) in [6.07, 6.45) is 3.24. The monoisotopic (exact) mass is 326 g/mol. The minimum absolute atomic E-state index is 0.133. The highest BCUT2D eigenvalue weighted by Gasteiger charge is 2.43. The first-order valence-corrected chi connectivity index (χ1v) is 8.13. The van der Waals surface area contributed by atoms with Crippen LogP contribution in [0.1, 0.15) is 35.8 Å². The maximum absolute atomic E-state index is 12.8. The molecule has 2 atom stereocenters. The number of rotatable bonds is 4. The summed E-state index contributed by atoms with van der Waals surface area (Å²) >= 11 is 0. The largest absolute Gasteiger partial charge is 0.497 e. The third-order valence-electron chi connectivity index (χ3n) is 4.72. The summed E-state index contributed by atoms with van der Waals surface area (Å²) in [4.78, 5) is 18.7. The van der Waals surface area contributed by atoms with Gasteiger partial charge in [0.1, 0.15) is 17.0 Å². The van der Waals surface area contributed by atoms with Crippen LogP contribution in [0.2, 0.25) is 0 Å². The first-order valence-electron chi connectivity index (χ1n) is 8.13. The predicted molar refractivity (Wildman–Crippen MR) is 90.9 cm³/mol. The number of hydrogen-bond acceptors (Lipinski definition) is 4. The highest BCUT2D eigenvalue weighted by atomic mass is 16.5. The first kappa shape index (κ1) is 16.5. The molecule has 0 radical (unpaired) electrons. The van der Waals surface area contributed by atoms with Crippen molar-refractivity contribution in [1.29, 1.82) is 0 Å². The van der Waals surface area contributed by atoms with Gasteiger partial charge < -0.3 is 14.7 Å². The van der Waals surface area contributed by atoms with Crippen molar-refractivity contribution in [3.05, 3.63) is 59.9 Å². The summed E-state index contributed by atoms with van der Waals surface area (Å²) in [7, 11) is 1.61. The first-order chi connectivity index (χ1) is 11.5. The Morgan fingerprint density at radius 3 is 2.67 bits per heavy atom. The maximum atomic E-state index is 12.8. The topological polar surface area (TPSA) is 62.7 Å². The number of carbonyl (C=O) groups excluding carboxylic acids is 1. The minimum Gasteiger partial charge on any atom is -0.497 e. The van der Waals surface area contributed by atoms with Crippen molar-refractivity contribution >= 4 is 5.91 Å². The maximum Gasteiger partial charge on any atom is 0.272 e. The molecule has 0 saturated carbocycles. The summed E-state index contributed by atoms with van der Waals surface area (Å²) in [5, 5.41) is 11.2. The van der Waals surface area contributed by atoms with Crippen LogP contribution >= 0.6 is 0 Å². The Labute approximate surface area is 141 Å². The Morgan fingerprint density at radius 1 is 1.29 bits per heavy atom. The Balaban J connectivity index is 1.87. The van der Waals surface area contributed by atoms with Gasteiger partial charge in [-0.25, -0.2) is 0 Å². The Kier molecular flexibility index (Phi) is 4.53. The van der Waals surface area contributed by atoms with Gasteiger partial charge in [-0.3, -0.25) is 9.78 Å². The molecule has 1 saturated heterocycles. The van der Waals surface area contributed by atoms with E-state index in [2.05, 4.69) is 4.98 Å². The van der Waals surface area contributed by atoms with Crippen LogP contribution in [-0.4, -0.2) is 40.6 Å². The molecule has 1 N–H and O–H groups in total. The highest BCUT2D eigenvalue weighted by Crippen LogP contribution is 2.35. The molecule has 2 aromatic rings. The third-order valence-corrected chi connectivity index (χ3v) is 4.72. The standard InChI is InChI=1S/C19H22N2O3/c1-19(23,14-8-10-15(24-2)11-9-14)17-7-5-13-21(17)18(22)16-6-3-4-12-20-16/h3-4,6,8-12,17,23H,5,7,13H2,1-2H3/t17-,19-/m0/s1. The molecule has 3 rings (SSSR count). The van der Waals surface area contributed by atoms with Crippen molar-refractivity contribution in [2.24, 2.45) is 0 Å². The second kappa shape index (κ2) is 6.61. The number of amides is 1. The molecule has 2 heterocycles. The van der Waals surface area contributed by atoms with Crippen LogP contribution in [0, 0.1) is 0 Å². The fraction of sp³-hybridized carbons (Fsp3) is 0.368. The van der Waals surface area contributed by atoms with E-state index in [4.69, 9.17) is 4.74 Å². The zero-order valence-corrected chi connectivity index (χ0v) is 14.0. The molecule has 0 spiro atoms. The molecule has 1 aliphatic rings. The fourth-order valence-corrected chi connectivity index (χ4v) is 3.35. The van der Waals surface area contributed by atoms with Crippen molar-refractivity contribution in [2.75, 3.05) is 13.7 Å². The lowest BCUT2D eigenvalue weighted by atomic mass is 9.86. The average molecular weight is 326 g/mol. The van der Waals surface area contributed by atoms with Gasteiger partial charge in [-0.2, -0.15) is 0 Å². The van der Waals surface area contributed by atoms with Gasteiger partial charge in [0, 0.05) is 12.7 Å². The molecule has 5 heteroatoms. The SMILES string of the molecule is COc1ccc([C@](C)(O)[C@@H]2CCCN2C(=O)c2ccccn2)cc1. The Morgan fingerprint density at radius 2 is 2.04 bits per heavy atom. The van der Waals surface area contributed by atoms with Gasteiger partial charge in [0.2, 0.25) is 0 Å².